The summed E-state index contributed by atoms with van der Waals surface area (Å²) < 4.78 is 7.12. The third-order valence-corrected chi connectivity index (χ3v) is 6.53. The van der Waals surface area contributed by atoms with Crippen LogP contribution in [0, 0.1) is 5.92 Å². The van der Waals surface area contributed by atoms with Crippen molar-refractivity contribution in [2.24, 2.45) is 5.92 Å². The van der Waals surface area contributed by atoms with Crippen LogP contribution in [0.15, 0.2) is 15.4 Å². The molecule has 6 nitrogen and oxygen atoms in total. The third kappa shape index (κ3) is 2.93. The minimum atomic E-state index is 0.0500. The van der Waals surface area contributed by atoms with E-state index in [0.717, 1.165) is 79.7 Å². The number of nitrogens with zero attached hydrogens (tertiary/aromatic N) is 4. The molecule has 2 aliphatic heterocycles. The summed E-state index contributed by atoms with van der Waals surface area (Å²) >= 11 is 1.88. The van der Waals surface area contributed by atoms with E-state index in [1.165, 1.54) is 12.0 Å². The van der Waals surface area contributed by atoms with E-state index >= 15 is 0 Å². The fourth-order valence-electron chi connectivity index (χ4n) is 4.17. The molecule has 7 heteroatoms. The van der Waals surface area contributed by atoms with Crippen molar-refractivity contribution in [1.82, 2.24) is 19.8 Å². The lowest BCUT2D eigenvalue weighted by Crippen LogP contribution is -2.49. The molecule has 0 radical (unpaired) electrons. The molecule has 1 saturated heterocycles. The van der Waals surface area contributed by atoms with Gasteiger partial charge >= 0.3 is 0 Å². The summed E-state index contributed by atoms with van der Waals surface area (Å²) in [6.07, 6.45) is 4.32. The van der Waals surface area contributed by atoms with E-state index in [0.29, 0.717) is 5.92 Å². The van der Waals surface area contributed by atoms with Crippen molar-refractivity contribution >= 4 is 11.8 Å². The highest BCUT2D eigenvalue weighted by molar-refractivity contribution is 7.98. The van der Waals surface area contributed by atoms with Crippen LogP contribution >= 0.6 is 11.8 Å². The maximum atomic E-state index is 12.3. The van der Waals surface area contributed by atoms with Crippen LogP contribution in [0.1, 0.15) is 34.7 Å². The minimum absolute atomic E-state index is 0.0500. The summed E-state index contributed by atoms with van der Waals surface area (Å²) in [6.45, 7) is 3.61. The summed E-state index contributed by atoms with van der Waals surface area (Å²) in [7, 11) is 0. The molecule has 0 unspecified atom stereocenters. The first kappa shape index (κ1) is 15.6. The number of aromatic nitrogens is 3. The second-order valence-corrected chi connectivity index (χ2v) is 8.49. The lowest BCUT2D eigenvalue weighted by molar-refractivity contribution is 0.0739. The second-order valence-electron chi connectivity index (χ2n) is 7.38. The molecule has 25 heavy (non-hydrogen) atoms. The monoisotopic (exact) mass is 358 g/mol. The van der Waals surface area contributed by atoms with Gasteiger partial charge in [-0.05, 0) is 24.2 Å². The van der Waals surface area contributed by atoms with Gasteiger partial charge in [-0.1, -0.05) is 5.16 Å². The molecule has 0 saturated carbocycles. The SMILES string of the molecule is O=c1cc2c(nn1CC1CN(Cc3noc4c3CCC4)C1)CCSC2. The van der Waals surface area contributed by atoms with Crippen LogP contribution in [0.2, 0.25) is 0 Å². The predicted octanol–water partition coefficient (Wildman–Crippen LogP) is 1.64. The zero-order valence-electron chi connectivity index (χ0n) is 14.2. The van der Waals surface area contributed by atoms with E-state index < -0.39 is 0 Å². The summed E-state index contributed by atoms with van der Waals surface area (Å²) in [5.74, 6) is 3.63. The van der Waals surface area contributed by atoms with Crippen LogP contribution in [0.5, 0.6) is 0 Å². The Bertz CT molecular complexity index is 853. The van der Waals surface area contributed by atoms with Crippen LogP contribution in [0.25, 0.3) is 0 Å². The van der Waals surface area contributed by atoms with Gasteiger partial charge in [-0.3, -0.25) is 9.69 Å². The minimum Gasteiger partial charge on any atom is -0.361 e. The Kier molecular flexibility index (Phi) is 3.93. The van der Waals surface area contributed by atoms with E-state index in [2.05, 4.69) is 15.2 Å². The normalized spacial score (nSPS) is 20.3. The van der Waals surface area contributed by atoms with Gasteiger partial charge in [0.2, 0.25) is 0 Å². The van der Waals surface area contributed by atoms with E-state index in [1.807, 2.05) is 11.8 Å². The Morgan fingerprint density at radius 1 is 1.28 bits per heavy atom. The molecule has 132 valence electrons. The standard InChI is InChI=1S/C18H22N4O2S/c23-18-6-13-11-25-5-4-15(13)19-22(18)9-12-7-21(8-12)10-16-14-2-1-3-17(14)24-20-16/h6,12H,1-5,7-11H2. The molecule has 1 aliphatic carbocycles. The number of aryl methyl sites for hydroxylation is 2. The van der Waals surface area contributed by atoms with Gasteiger partial charge in [0.15, 0.2) is 0 Å². The second kappa shape index (κ2) is 6.29. The van der Waals surface area contributed by atoms with Crippen LogP contribution in [0.4, 0.5) is 0 Å². The van der Waals surface area contributed by atoms with Crippen molar-refractivity contribution in [1.29, 1.82) is 0 Å². The summed E-state index contributed by atoms with van der Waals surface area (Å²) in [5.41, 5.74) is 4.76. The first-order chi connectivity index (χ1) is 12.3. The molecule has 0 amide bonds. The van der Waals surface area contributed by atoms with Crippen LogP contribution in [0.3, 0.4) is 0 Å². The first-order valence-corrected chi connectivity index (χ1v) is 10.3. The highest BCUT2D eigenvalue weighted by atomic mass is 32.2. The fourth-order valence-corrected chi connectivity index (χ4v) is 5.12. The number of likely N-dealkylation sites (tertiary alicyclic amines) is 1. The maximum Gasteiger partial charge on any atom is 0.267 e. The molecular weight excluding hydrogens is 336 g/mol. The average Bonchev–Trinajstić information content (AvgIpc) is 3.18. The largest absolute Gasteiger partial charge is 0.361 e. The van der Waals surface area contributed by atoms with E-state index in [-0.39, 0.29) is 5.56 Å². The average molecular weight is 358 g/mol. The van der Waals surface area contributed by atoms with Gasteiger partial charge < -0.3 is 4.52 Å². The number of hydrogen-bond donors (Lipinski definition) is 0. The quantitative estimate of drug-likeness (QED) is 0.828. The zero-order chi connectivity index (χ0) is 16.8. The number of rotatable bonds is 4. The summed E-state index contributed by atoms with van der Waals surface area (Å²) in [4.78, 5) is 14.7. The first-order valence-electron chi connectivity index (χ1n) is 9.12. The number of thioether (sulfide) groups is 1. The van der Waals surface area contributed by atoms with Gasteiger partial charge in [0.1, 0.15) is 11.5 Å². The zero-order valence-corrected chi connectivity index (χ0v) is 15.1. The summed E-state index contributed by atoms with van der Waals surface area (Å²) in [5, 5.41) is 8.87. The molecule has 3 aliphatic rings. The Morgan fingerprint density at radius 3 is 3.12 bits per heavy atom. The highest BCUT2D eigenvalue weighted by Crippen LogP contribution is 2.28. The van der Waals surface area contributed by atoms with Crippen molar-refractivity contribution in [3.8, 4) is 0 Å². The van der Waals surface area contributed by atoms with Gasteiger partial charge in [-0.25, -0.2) is 4.68 Å². The van der Waals surface area contributed by atoms with Gasteiger partial charge in [0, 0.05) is 55.8 Å². The Morgan fingerprint density at radius 2 is 2.20 bits per heavy atom. The molecule has 1 fully saturated rings. The Balaban J connectivity index is 1.21. The van der Waals surface area contributed by atoms with Crippen LogP contribution in [-0.2, 0) is 38.1 Å². The van der Waals surface area contributed by atoms with Crippen molar-refractivity contribution in [3.63, 3.8) is 0 Å². The summed E-state index contributed by atoms with van der Waals surface area (Å²) in [6, 6.07) is 1.80. The van der Waals surface area contributed by atoms with Crippen molar-refractivity contribution in [2.75, 3.05) is 18.8 Å². The maximum absolute atomic E-state index is 12.3. The number of hydrogen-bond acceptors (Lipinski definition) is 6. The topological polar surface area (TPSA) is 64.2 Å². The Labute approximate surface area is 150 Å². The molecule has 2 aromatic rings. The van der Waals surface area contributed by atoms with E-state index in [9.17, 15) is 4.79 Å². The Hall–Kier alpha value is -1.60. The van der Waals surface area contributed by atoms with Crippen LogP contribution in [-0.4, -0.2) is 38.7 Å². The molecule has 5 rings (SSSR count). The van der Waals surface area contributed by atoms with Crippen molar-refractivity contribution in [3.05, 3.63) is 44.7 Å². The van der Waals surface area contributed by atoms with Crippen molar-refractivity contribution < 1.29 is 4.52 Å². The molecule has 0 spiro atoms. The molecule has 0 aromatic carbocycles. The fraction of sp³-hybridized carbons (Fsp3) is 0.611. The highest BCUT2D eigenvalue weighted by Gasteiger charge is 2.30. The van der Waals surface area contributed by atoms with Gasteiger partial charge in [0.25, 0.3) is 5.56 Å². The lowest BCUT2D eigenvalue weighted by atomic mass is 9.99. The molecule has 0 atom stereocenters. The number of fused-ring (bicyclic) bond motifs is 2. The lowest BCUT2D eigenvalue weighted by Gasteiger charge is -2.38. The van der Waals surface area contributed by atoms with Gasteiger partial charge in [-0.15, -0.1) is 0 Å². The smallest absolute Gasteiger partial charge is 0.267 e. The molecule has 2 aromatic heterocycles. The molecule has 4 heterocycles. The van der Waals surface area contributed by atoms with Gasteiger partial charge in [-0.2, -0.15) is 16.9 Å². The third-order valence-electron chi connectivity index (χ3n) is 5.52. The van der Waals surface area contributed by atoms with E-state index in [4.69, 9.17) is 4.52 Å². The molecule has 0 bridgehead atoms. The van der Waals surface area contributed by atoms with Crippen molar-refractivity contribution in [2.45, 2.75) is 44.5 Å². The van der Waals surface area contributed by atoms with Crippen LogP contribution < -0.4 is 5.56 Å². The van der Waals surface area contributed by atoms with E-state index in [1.54, 1.807) is 10.7 Å². The molecule has 0 N–H and O–H groups in total. The predicted molar refractivity (Wildman–Crippen MR) is 95.7 cm³/mol. The molecular formula is C18H22N4O2S. The van der Waals surface area contributed by atoms with Gasteiger partial charge in [0.05, 0.1) is 12.2 Å².